The fourth-order valence-corrected chi connectivity index (χ4v) is 2.26. The third-order valence-electron chi connectivity index (χ3n) is 2.00. The number of primary amides is 1. The van der Waals surface area contributed by atoms with E-state index < -0.39 is 5.91 Å². The van der Waals surface area contributed by atoms with Gasteiger partial charge in [-0.05, 0) is 26.0 Å². The van der Waals surface area contributed by atoms with Gasteiger partial charge in [0.1, 0.15) is 10.6 Å². The molecule has 2 aromatic heterocycles. The minimum atomic E-state index is -0.432. The summed E-state index contributed by atoms with van der Waals surface area (Å²) < 4.78 is 5.64. The summed E-state index contributed by atoms with van der Waals surface area (Å²) in [7, 11) is 0. The van der Waals surface area contributed by atoms with Crippen molar-refractivity contribution in [1.29, 1.82) is 0 Å². The fraction of sp³-hybridized carbons (Fsp3) is 0.273. The van der Waals surface area contributed by atoms with Crippen LogP contribution in [0.3, 0.4) is 0 Å². The van der Waals surface area contributed by atoms with Crippen molar-refractivity contribution in [3.05, 3.63) is 23.2 Å². The maximum absolute atomic E-state index is 11.1. The number of nitrogens with zero attached hydrogens (tertiary/aromatic N) is 1. The van der Waals surface area contributed by atoms with E-state index in [0.717, 1.165) is 16.0 Å². The quantitative estimate of drug-likeness (QED) is 0.888. The highest BCUT2D eigenvalue weighted by molar-refractivity contribution is 7.20. The summed E-state index contributed by atoms with van der Waals surface area (Å²) in [5.41, 5.74) is 5.23. The normalized spacial score (nSPS) is 10.9. The molecule has 0 radical (unpaired) electrons. The molecule has 2 heterocycles. The summed E-state index contributed by atoms with van der Waals surface area (Å²) in [6.07, 6.45) is 1.75. The highest BCUT2D eigenvalue weighted by Gasteiger charge is 2.11. The molecular formula is C11H12N2O2S. The standard InChI is InChI=1S/C11H12N2O2S/c1-6(2)15-8-3-4-13-11-7(8)5-9(16-11)10(12)14/h3-6H,1-2H3,(H2,12,14). The van der Waals surface area contributed by atoms with Crippen molar-refractivity contribution in [1.82, 2.24) is 4.98 Å². The van der Waals surface area contributed by atoms with Gasteiger partial charge in [0.15, 0.2) is 0 Å². The van der Waals surface area contributed by atoms with E-state index in [1.165, 1.54) is 11.3 Å². The molecule has 4 nitrogen and oxygen atoms in total. The zero-order chi connectivity index (χ0) is 11.7. The number of aromatic nitrogens is 1. The Balaban J connectivity index is 2.54. The van der Waals surface area contributed by atoms with E-state index in [1.807, 2.05) is 13.8 Å². The summed E-state index contributed by atoms with van der Waals surface area (Å²) in [4.78, 5) is 16.5. The lowest BCUT2D eigenvalue weighted by atomic mass is 10.3. The van der Waals surface area contributed by atoms with Crippen molar-refractivity contribution in [3.8, 4) is 5.75 Å². The maximum Gasteiger partial charge on any atom is 0.258 e. The largest absolute Gasteiger partial charge is 0.490 e. The van der Waals surface area contributed by atoms with Crippen molar-refractivity contribution in [2.45, 2.75) is 20.0 Å². The van der Waals surface area contributed by atoms with Crippen LogP contribution in [0.5, 0.6) is 5.75 Å². The number of fused-ring (bicyclic) bond motifs is 1. The van der Waals surface area contributed by atoms with Crippen LogP contribution in [0.25, 0.3) is 10.2 Å². The second-order valence-corrected chi connectivity index (χ2v) is 4.70. The Morgan fingerprint density at radius 3 is 2.94 bits per heavy atom. The number of rotatable bonds is 3. The van der Waals surface area contributed by atoms with Crippen LogP contribution in [0.2, 0.25) is 0 Å². The second-order valence-electron chi connectivity index (χ2n) is 3.67. The predicted octanol–water partition coefficient (Wildman–Crippen LogP) is 2.18. The molecule has 0 aromatic carbocycles. The maximum atomic E-state index is 11.1. The molecule has 2 N–H and O–H groups in total. The third-order valence-corrected chi connectivity index (χ3v) is 3.06. The molecule has 0 unspecified atom stereocenters. The van der Waals surface area contributed by atoms with Crippen molar-refractivity contribution in [3.63, 3.8) is 0 Å². The molecule has 0 bridgehead atoms. The van der Waals surface area contributed by atoms with E-state index in [9.17, 15) is 4.79 Å². The van der Waals surface area contributed by atoms with E-state index in [0.29, 0.717) is 4.88 Å². The number of hydrogen-bond acceptors (Lipinski definition) is 4. The number of thiophene rings is 1. The Labute approximate surface area is 97.0 Å². The molecule has 0 saturated carbocycles. The zero-order valence-electron chi connectivity index (χ0n) is 9.06. The number of carbonyl (C=O) groups excluding carboxylic acids is 1. The molecule has 0 fully saturated rings. The van der Waals surface area contributed by atoms with Crippen molar-refractivity contribution in [2.75, 3.05) is 0 Å². The first-order valence-electron chi connectivity index (χ1n) is 4.93. The molecule has 0 saturated heterocycles. The Morgan fingerprint density at radius 1 is 1.56 bits per heavy atom. The number of ether oxygens (including phenoxy) is 1. The summed E-state index contributed by atoms with van der Waals surface area (Å²) in [6, 6.07) is 3.52. The molecule has 5 heteroatoms. The molecular weight excluding hydrogens is 224 g/mol. The van der Waals surface area contributed by atoms with Crippen LogP contribution >= 0.6 is 11.3 Å². The van der Waals surface area contributed by atoms with Gasteiger partial charge in [-0.15, -0.1) is 11.3 Å². The van der Waals surface area contributed by atoms with E-state index in [4.69, 9.17) is 10.5 Å². The minimum absolute atomic E-state index is 0.0857. The Bertz CT molecular complexity index is 534. The Hall–Kier alpha value is -1.62. The molecule has 0 aliphatic heterocycles. The number of pyridine rings is 1. The van der Waals surface area contributed by atoms with E-state index in [-0.39, 0.29) is 6.10 Å². The van der Waals surface area contributed by atoms with Crippen molar-refractivity contribution < 1.29 is 9.53 Å². The molecule has 2 rings (SSSR count). The average molecular weight is 236 g/mol. The lowest BCUT2D eigenvalue weighted by molar-refractivity contribution is 0.100. The number of nitrogens with two attached hydrogens (primary N) is 1. The van der Waals surface area contributed by atoms with Gasteiger partial charge >= 0.3 is 0 Å². The van der Waals surface area contributed by atoms with Crippen LogP contribution in [-0.2, 0) is 0 Å². The SMILES string of the molecule is CC(C)Oc1ccnc2sc(C(N)=O)cc12. The van der Waals surface area contributed by atoms with Crippen molar-refractivity contribution in [2.24, 2.45) is 5.73 Å². The van der Waals surface area contributed by atoms with E-state index >= 15 is 0 Å². The first kappa shape index (κ1) is 10.9. The molecule has 16 heavy (non-hydrogen) atoms. The van der Waals surface area contributed by atoms with Crippen LogP contribution < -0.4 is 10.5 Å². The summed E-state index contributed by atoms with van der Waals surface area (Å²) in [5.74, 6) is 0.308. The van der Waals surface area contributed by atoms with Crippen molar-refractivity contribution >= 4 is 27.5 Å². The van der Waals surface area contributed by atoms with Crippen LogP contribution in [0.15, 0.2) is 18.3 Å². The van der Waals surface area contributed by atoms with Crippen LogP contribution in [0.4, 0.5) is 0 Å². The molecule has 2 aromatic rings. The molecule has 84 valence electrons. The number of carbonyl (C=O) groups is 1. The van der Waals surface area contributed by atoms with E-state index in [2.05, 4.69) is 4.98 Å². The van der Waals surface area contributed by atoms with Gasteiger partial charge in [-0.3, -0.25) is 4.79 Å². The molecule has 0 aliphatic rings. The lowest BCUT2D eigenvalue weighted by Crippen LogP contribution is -2.08. The van der Waals surface area contributed by atoms with Gasteiger partial charge < -0.3 is 10.5 Å². The second kappa shape index (κ2) is 4.09. The van der Waals surface area contributed by atoms with Gasteiger partial charge in [0.25, 0.3) is 5.91 Å². The van der Waals surface area contributed by atoms with Gasteiger partial charge in [-0.2, -0.15) is 0 Å². The first-order chi connectivity index (χ1) is 7.58. The molecule has 0 atom stereocenters. The highest BCUT2D eigenvalue weighted by Crippen LogP contribution is 2.31. The smallest absolute Gasteiger partial charge is 0.258 e. The average Bonchev–Trinajstić information content (AvgIpc) is 2.61. The fourth-order valence-electron chi connectivity index (χ4n) is 1.39. The summed E-state index contributed by atoms with van der Waals surface area (Å²) in [6.45, 7) is 3.90. The van der Waals surface area contributed by atoms with Crippen LogP contribution in [-0.4, -0.2) is 17.0 Å². The van der Waals surface area contributed by atoms with Crippen LogP contribution in [0.1, 0.15) is 23.5 Å². The Morgan fingerprint density at radius 2 is 2.31 bits per heavy atom. The zero-order valence-corrected chi connectivity index (χ0v) is 9.88. The molecule has 0 aliphatic carbocycles. The number of hydrogen-bond donors (Lipinski definition) is 1. The van der Waals surface area contributed by atoms with Gasteiger partial charge in [-0.25, -0.2) is 4.98 Å². The van der Waals surface area contributed by atoms with Crippen LogP contribution in [0, 0.1) is 0 Å². The van der Waals surface area contributed by atoms with Gasteiger partial charge in [-0.1, -0.05) is 0 Å². The number of amides is 1. The Kier molecular flexibility index (Phi) is 2.78. The minimum Gasteiger partial charge on any atom is -0.490 e. The monoisotopic (exact) mass is 236 g/mol. The summed E-state index contributed by atoms with van der Waals surface area (Å²) >= 11 is 1.28. The molecule has 1 amide bonds. The highest BCUT2D eigenvalue weighted by atomic mass is 32.1. The van der Waals surface area contributed by atoms with Gasteiger partial charge in [0.2, 0.25) is 0 Å². The van der Waals surface area contributed by atoms with Gasteiger partial charge in [0, 0.05) is 6.20 Å². The van der Waals surface area contributed by atoms with E-state index in [1.54, 1.807) is 18.3 Å². The topological polar surface area (TPSA) is 65.2 Å². The predicted molar refractivity (Wildman–Crippen MR) is 63.9 cm³/mol. The first-order valence-corrected chi connectivity index (χ1v) is 5.74. The third kappa shape index (κ3) is 1.99. The van der Waals surface area contributed by atoms with Gasteiger partial charge in [0.05, 0.1) is 16.4 Å². The molecule has 0 spiro atoms. The lowest BCUT2D eigenvalue weighted by Gasteiger charge is -2.09. The summed E-state index contributed by atoms with van der Waals surface area (Å²) in [5, 5.41) is 0.843.